The van der Waals surface area contributed by atoms with Gasteiger partial charge in [0.2, 0.25) is 0 Å². The number of oxime groups is 1. The Morgan fingerprint density at radius 2 is 2.20 bits per heavy atom. The van der Waals surface area contributed by atoms with Crippen molar-refractivity contribution in [1.29, 1.82) is 0 Å². The first-order valence-corrected chi connectivity index (χ1v) is 6.61. The van der Waals surface area contributed by atoms with E-state index in [1.807, 2.05) is 0 Å². The molecular weight excluding hydrogens is 276 g/mol. The average Bonchev–Trinajstić information content (AvgIpc) is 2.66. The number of piperidine rings is 1. The van der Waals surface area contributed by atoms with E-state index in [-0.39, 0.29) is 0 Å². The Balaban J connectivity index is 1.90. The molecule has 1 fully saturated rings. The van der Waals surface area contributed by atoms with Gasteiger partial charge in [0, 0.05) is 41.8 Å². The topological polar surface area (TPSA) is 35.8 Å². The van der Waals surface area contributed by atoms with Crippen LogP contribution in [0.25, 0.3) is 0 Å². The molecule has 0 bridgehead atoms. The third-order valence-electron chi connectivity index (χ3n) is 2.63. The Hall–Kier alpha value is -0.390. The molecule has 1 aromatic rings. The molecule has 0 aliphatic carbocycles. The Bertz CT molecular complexity index is 354. The van der Waals surface area contributed by atoms with Crippen molar-refractivity contribution in [2.75, 3.05) is 13.1 Å². The lowest BCUT2D eigenvalue weighted by molar-refractivity contribution is 0.257. The summed E-state index contributed by atoms with van der Waals surface area (Å²) in [4.78, 5) is 3.77. The summed E-state index contributed by atoms with van der Waals surface area (Å²) in [6.07, 6.45) is 1.78. The molecule has 1 N–H and O–H groups in total. The van der Waals surface area contributed by atoms with Crippen molar-refractivity contribution in [3.63, 3.8) is 0 Å². The smallest absolute Gasteiger partial charge is 0.0596 e. The molecule has 0 unspecified atom stereocenters. The monoisotopic (exact) mass is 288 g/mol. The van der Waals surface area contributed by atoms with Gasteiger partial charge in [-0.05, 0) is 27.4 Å². The quantitative estimate of drug-likeness (QED) is 0.671. The number of nitrogens with zero attached hydrogens (tertiary/aromatic N) is 2. The minimum atomic E-state index is 0.888. The van der Waals surface area contributed by atoms with E-state index in [0.29, 0.717) is 0 Å². The van der Waals surface area contributed by atoms with Crippen LogP contribution in [-0.4, -0.2) is 28.9 Å². The first kappa shape index (κ1) is 11.1. The maximum Gasteiger partial charge on any atom is 0.0596 e. The van der Waals surface area contributed by atoms with Crippen molar-refractivity contribution >= 4 is 33.0 Å². The number of likely N-dealkylation sites (tertiary alicyclic amines) is 1. The fourth-order valence-electron chi connectivity index (χ4n) is 1.71. The summed E-state index contributed by atoms with van der Waals surface area (Å²) in [5.74, 6) is 0. The predicted octanol–water partition coefficient (Wildman–Crippen LogP) is 2.94. The van der Waals surface area contributed by atoms with E-state index in [2.05, 4.69) is 37.4 Å². The highest BCUT2D eigenvalue weighted by Gasteiger charge is 2.16. The van der Waals surface area contributed by atoms with Crippen molar-refractivity contribution in [3.05, 3.63) is 20.8 Å². The number of hydrogen-bond acceptors (Lipinski definition) is 4. The highest BCUT2D eigenvalue weighted by atomic mass is 79.9. The van der Waals surface area contributed by atoms with Crippen LogP contribution in [0.1, 0.15) is 17.7 Å². The van der Waals surface area contributed by atoms with Gasteiger partial charge in [-0.2, -0.15) is 0 Å². The Morgan fingerprint density at radius 1 is 1.47 bits per heavy atom. The SMILES string of the molecule is ON=C1CCN(Cc2sccc2Br)CC1. The van der Waals surface area contributed by atoms with Gasteiger partial charge >= 0.3 is 0 Å². The third-order valence-corrected chi connectivity index (χ3v) is 4.54. The predicted molar refractivity (Wildman–Crippen MR) is 65.8 cm³/mol. The van der Waals surface area contributed by atoms with E-state index < -0.39 is 0 Å². The Labute approximate surface area is 102 Å². The highest BCUT2D eigenvalue weighted by Crippen LogP contribution is 2.25. The van der Waals surface area contributed by atoms with Crippen molar-refractivity contribution in [1.82, 2.24) is 4.90 Å². The molecule has 0 radical (unpaired) electrons. The molecule has 1 saturated heterocycles. The minimum Gasteiger partial charge on any atom is -0.411 e. The van der Waals surface area contributed by atoms with Gasteiger partial charge < -0.3 is 5.21 Å². The lowest BCUT2D eigenvalue weighted by Crippen LogP contribution is -2.33. The molecular formula is C10H13BrN2OS. The molecule has 0 atom stereocenters. The van der Waals surface area contributed by atoms with Crippen molar-refractivity contribution in [3.8, 4) is 0 Å². The fraction of sp³-hybridized carbons (Fsp3) is 0.500. The van der Waals surface area contributed by atoms with Gasteiger partial charge in [-0.25, -0.2) is 0 Å². The zero-order chi connectivity index (χ0) is 10.7. The van der Waals surface area contributed by atoms with E-state index in [9.17, 15) is 0 Å². The molecule has 3 nitrogen and oxygen atoms in total. The molecule has 0 saturated carbocycles. The van der Waals surface area contributed by atoms with Crippen molar-refractivity contribution in [2.45, 2.75) is 19.4 Å². The van der Waals surface area contributed by atoms with E-state index in [1.54, 1.807) is 11.3 Å². The molecule has 82 valence electrons. The molecule has 2 heterocycles. The largest absolute Gasteiger partial charge is 0.411 e. The van der Waals surface area contributed by atoms with E-state index >= 15 is 0 Å². The number of rotatable bonds is 2. The number of hydrogen-bond donors (Lipinski definition) is 1. The fourth-order valence-corrected chi connectivity index (χ4v) is 3.23. The molecule has 1 aliphatic heterocycles. The van der Waals surface area contributed by atoms with Gasteiger partial charge in [0.25, 0.3) is 0 Å². The second-order valence-electron chi connectivity index (χ2n) is 3.63. The average molecular weight is 289 g/mol. The van der Waals surface area contributed by atoms with Crippen LogP contribution in [0.2, 0.25) is 0 Å². The van der Waals surface area contributed by atoms with Gasteiger partial charge in [0.05, 0.1) is 5.71 Å². The van der Waals surface area contributed by atoms with Crippen LogP contribution in [0.3, 0.4) is 0 Å². The van der Waals surface area contributed by atoms with Crippen LogP contribution < -0.4 is 0 Å². The molecule has 15 heavy (non-hydrogen) atoms. The molecule has 1 aliphatic rings. The first-order valence-electron chi connectivity index (χ1n) is 4.93. The standard InChI is InChI=1S/C10H13BrN2OS/c11-9-3-6-15-10(9)7-13-4-1-8(12-14)2-5-13/h3,6,14H,1-2,4-5,7H2. The van der Waals surface area contributed by atoms with Crippen LogP contribution in [0.15, 0.2) is 21.1 Å². The second kappa shape index (κ2) is 5.09. The highest BCUT2D eigenvalue weighted by molar-refractivity contribution is 9.10. The third kappa shape index (κ3) is 2.80. The van der Waals surface area contributed by atoms with Gasteiger partial charge in [0.15, 0.2) is 0 Å². The van der Waals surface area contributed by atoms with E-state index in [0.717, 1.165) is 38.2 Å². The Kier molecular flexibility index (Phi) is 3.77. The summed E-state index contributed by atoms with van der Waals surface area (Å²) in [6.45, 7) is 2.98. The molecule has 1 aromatic heterocycles. The van der Waals surface area contributed by atoms with Crippen LogP contribution in [-0.2, 0) is 6.54 Å². The van der Waals surface area contributed by atoms with Gasteiger partial charge in [0.1, 0.15) is 0 Å². The van der Waals surface area contributed by atoms with Crippen LogP contribution in [0.4, 0.5) is 0 Å². The van der Waals surface area contributed by atoms with Crippen LogP contribution in [0, 0.1) is 0 Å². The van der Waals surface area contributed by atoms with Crippen LogP contribution >= 0.6 is 27.3 Å². The summed E-state index contributed by atoms with van der Waals surface area (Å²) in [5.41, 5.74) is 0.927. The van der Waals surface area contributed by atoms with Crippen molar-refractivity contribution in [2.24, 2.45) is 5.16 Å². The lowest BCUT2D eigenvalue weighted by Gasteiger charge is -2.26. The van der Waals surface area contributed by atoms with Gasteiger partial charge in [-0.1, -0.05) is 5.16 Å². The summed E-state index contributed by atoms with van der Waals surface area (Å²) in [6, 6.07) is 2.09. The molecule has 0 aromatic carbocycles. The zero-order valence-electron chi connectivity index (χ0n) is 8.32. The maximum absolute atomic E-state index is 8.64. The van der Waals surface area contributed by atoms with E-state index in [4.69, 9.17) is 5.21 Å². The molecule has 0 amide bonds. The normalized spacial score (nSPS) is 18.1. The molecule has 5 heteroatoms. The maximum atomic E-state index is 8.64. The summed E-state index contributed by atoms with van der Waals surface area (Å²) in [7, 11) is 0. The van der Waals surface area contributed by atoms with E-state index in [1.165, 1.54) is 9.35 Å². The van der Waals surface area contributed by atoms with Gasteiger partial charge in [-0.3, -0.25) is 4.90 Å². The lowest BCUT2D eigenvalue weighted by atomic mass is 10.1. The number of thiophene rings is 1. The number of halogens is 1. The molecule has 0 spiro atoms. The summed E-state index contributed by atoms with van der Waals surface area (Å²) < 4.78 is 1.20. The minimum absolute atomic E-state index is 0.888. The Morgan fingerprint density at radius 3 is 2.73 bits per heavy atom. The first-order chi connectivity index (χ1) is 7.29. The zero-order valence-corrected chi connectivity index (χ0v) is 10.7. The van der Waals surface area contributed by atoms with Crippen LogP contribution in [0.5, 0.6) is 0 Å². The second-order valence-corrected chi connectivity index (χ2v) is 5.49. The van der Waals surface area contributed by atoms with Crippen molar-refractivity contribution < 1.29 is 5.21 Å². The summed E-state index contributed by atoms with van der Waals surface area (Å²) in [5, 5.41) is 14.0. The molecule has 2 rings (SSSR count). The van der Waals surface area contributed by atoms with Gasteiger partial charge in [-0.15, -0.1) is 11.3 Å². The summed E-state index contributed by atoms with van der Waals surface area (Å²) >= 11 is 5.32.